The fourth-order valence-corrected chi connectivity index (χ4v) is 0.926. The molecule has 0 rings (SSSR count). The number of nitrogens with zero attached hydrogens (tertiary/aromatic N) is 1. The lowest BCUT2D eigenvalue weighted by atomic mass is 10.3. The number of amides is 2. The summed E-state index contributed by atoms with van der Waals surface area (Å²) >= 11 is 0. The minimum atomic E-state index is -0.311. The molecule has 2 amide bonds. The quantitative estimate of drug-likeness (QED) is 0.587. The SMILES string of the molecule is C=C/C=C(\C=C)N(C)C(=O)CC(=O)NC.CC. The Kier molecular flexibility index (Phi) is 11.0. The molecule has 0 fully saturated rings. The van der Waals surface area contributed by atoms with Gasteiger partial charge in [0, 0.05) is 19.8 Å². The molecule has 0 aromatic heterocycles. The predicted octanol–water partition coefficient (Wildman–Crippen LogP) is 1.86. The van der Waals surface area contributed by atoms with E-state index in [0.29, 0.717) is 5.70 Å². The van der Waals surface area contributed by atoms with Gasteiger partial charge in [-0.05, 0) is 12.2 Å². The Morgan fingerprint density at radius 1 is 1.29 bits per heavy atom. The van der Waals surface area contributed by atoms with Crippen LogP contribution in [0.1, 0.15) is 20.3 Å². The van der Waals surface area contributed by atoms with Crippen LogP contribution in [0.3, 0.4) is 0 Å². The van der Waals surface area contributed by atoms with E-state index >= 15 is 0 Å². The van der Waals surface area contributed by atoms with Crippen molar-refractivity contribution >= 4 is 11.8 Å². The van der Waals surface area contributed by atoms with E-state index in [0.717, 1.165) is 0 Å². The molecule has 0 aromatic rings. The fourth-order valence-electron chi connectivity index (χ4n) is 0.926. The van der Waals surface area contributed by atoms with Gasteiger partial charge < -0.3 is 10.2 Å². The molecule has 0 aliphatic rings. The first-order valence-corrected chi connectivity index (χ1v) is 5.49. The molecule has 0 unspecified atom stereocenters. The minimum absolute atomic E-state index is 0.171. The van der Waals surface area contributed by atoms with Crippen molar-refractivity contribution in [1.82, 2.24) is 10.2 Å². The van der Waals surface area contributed by atoms with Gasteiger partial charge in [-0.25, -0.2) is 0 Å². The normalized spacial score (nSPS) is 9.53. The molecule has 1 N–H and O–H groups in total. The number of carbonyl (C=O) groups excluding carboxylic acids is 2. The van der Waals surface area contributed by atoms with E-state index in [1.807, 2.05) is 13.8 Å². The highest BCUT2D eigenvalue weighted by molar-refractivity contribution is 5.97. The molecule has 0 aromatic carbocycles. The van der Waals surface area contributed by atoms with Crippen molar-refractivity contribution < 1.29 is 9.59 Å². The number of carbonyl (C=O) groups is 2. The van der Waals surface area contributed by atoms with Gasteiger partial charge >= 0.3 is 0 Å². The van der Waals surface area contributed by atoms with E-state index in [9.17, 15) is 9.59 Å². The lowest BCUT2D eigenvalue weighted by Crippen LogP contribution is -2.31. The van der Waals surface area contributed by atoms with E-state index in [1.54, 1.807) is 19.2 Å². The van der Waals surface area contributed by atoms with E-state index in [-0.39, 0.29) is 18.2 Å². The summed E-state index contributed by atoms with van der Waals surface area (Å²) in [6.45, 7) is 11.1. The van der Waals surface area contributed by atoms with Crippen LogP contribution in [0.5, 0.6) is 0 Å². The van der Waals surface area contributed by atoms with Gasteiger partial charge in [0.15, 0.2) is 0 Å². The molecule has 0 aliphatic heterocycles. The van der Waals surface area contributed by atoms with Crippen molar-refractivity contribution in [3.8, 4) is 0 Å². The van der Waals surface area contributed by atoms with E-state index in [1.165, 1.54) is 18.0 Å². The third-order valence-corrected chi connectivity index (χ3v) is 1.85. The second kappa shape index (κ2) is 10.7. The van der Waals surface area contributed by atoms with Crippen LogP contribution in [0.4, 0.5) is 0 Å². The van der Waals surface area contributed by atoms with Crippen molar-refractivity contribution in [3.05, 3.63) is 37.1 Å². The van der Waals surface area contributed by atoms with Gasteiger partial charge in [0.2, 0.25) is 11.8 Å². The lowest BCUT2D eigenvalue weighted by Gasteiger charge is -2.17. The zero-order chi connectivity index (χ0) is 13.8. The maximum atomic E-state index is 11.5. The molecule has 0 atom stereocenters. The van der Waals surface area contributed by atoms with Crippen LogP contribution in [0.25, 0.3) is 0 Å². The van der Waals surface area contributed by atoms with E-state index in [4.69, 9.17) is 0 Å². The van der Waals surface area contributed by atoms with Gasteiger partial charge in [-0.1, -0.05) is 33.1 Å². The fraction of sp³-hybridized carbons (Fsp3) is 0.385. The summed E-state index contributed by atoms with van der Waals surface area (Å²) in [5.74, 6) is -0.601. The maximum Gasteiger partial charge on any atom is 0.236 e. The summed E-state index contributed by atoms with van der Waals surface area (Å²) in [5.41, 5.74) is 0.610. The smallest absolute Gasteiger partial charge is 0.236 e. The first kappa shape index (κ1) is 17.6. The van der Waals surface area contributed by atoms with Crippen LogP contribution in [0.15, 0.2) is 37.1 Å². The highest BCUT2D eigenvalue weighted by Gasteiger charge is 2.14. The summed E-state index contributed by atoms with van der Waals surface area (Å²) in [7, 11) is 3.08. The number of hydrogen-bond donors (Lipinski definition) is 1. The molecule has 0 heterocycles. The molecule has 96 valence electrons. The Morgan fingerprint density at radius 2 is 1.82 bits per heavy atom. The number of hydrogen-bond acceptors (Lipinski definition) is 2. The van der Waals surface area contributed by atoms with Crippen LogP contribution >= 0.6 is 0 Å². The van der Waals surface area contributed by atoms with Crippen molar-refractivity contribution in [2.45, 2.75) is 20.3 Å². The van der Waals surface area contributed by atoms with Crippen molar-refractivity contribution in [2.24, 2.45) is 0 Å². The molecule has 0 saturated heterocycles. The Bertz CT molecular complexity index is 307. The Balaban J connectivity index is 0. The Labute approximate surface area is 104 Å². The van der Waals surface area contributed by atoms with Crippen LogP contribution in [-0.2, 0) is 9.59 Å². The third kappa shape index (κ3) is 7.11. The highest BCUT2D eigenvalue weighted by Crippen LogP contribution is 2.05. The molecule has 0 bridgehead atoms. The monoisotopic (exact) mass is 238 g/mol. The standard InChI is InChI=1S/C11H16N2O2.C2H6/c1-5-7-9(6-2)13(4)11(15)8-10(14)12-3;1-2/h5-7H,1-2,8H2,3-4H3,(H,12,14);1-2H3/b9-7+;. The number of nitrogens with one attached hydrogen (secondary N) is 1. The van der Waals surface area contributed by atoms with Gasteiger partial charge in [0.1, 0.15) is 6.42 Å². The molecular formula is C13H22N2O2. The van der Waals surface area contributed by atoms with Crippen LogP contribution in [-0.4, -0.2) is 30.8 Å². The minimum Gasteiger partial charge on any atom is -0.359 e. The molecule has 0 spiro atoms. The predicted molar refractivity (Wildman–Crippen MR) is 71.3 cm³/mol. The Morgan fingerprint density at radius 3 is 2.18 bits per heavy atom. The largest absolute Gasteiger partial charge is 0.359 e. The topological polar surface area (TPSA) is 49.4 Å². The van der Waals surface area contributed by atoms with Gasteiger partial charge in [0.25, 0.3) is 0 Å². The molecule has 17 heavy (non-hydrogen) atoms. The summed E-state index contributed by atoms with van der Waals surface area (Å²) in [4.78, 5) is 23.9. The first-order chi connectivity index (χ1) is 8.06. The second-order valence-electron chi connectivity index (χ2n) is 2.83. The zero-order valence-corrected chi connectivity index (χ0v) is 11.1. The highest BCUT2D eigenvalue weighted by atomic mass is 16.2. The van der Waals surface area contributed by atoms with E-state index < -0.39 is 0 Å². The van der Waals surface area contributed by atoms with E-state index in [2.05, 4.69) is 18.5 Å². The number of rotatable bonds is 5. The van der Waals surface area contributed by atoms with Crippen LogP contribution in [0.2, 0.25) is 0 Å². The summed E-state index contributed by atoms with van der Waals surface area (Å²) in [6.07, 6.45) is 4.56. The zero-order valence-electron chi connectivity index (χ0n) is 11.1. The maximum absolute atomic E-state index is 11.5. The van der Waals surface area contributed by atoms with Crippen LogP contribution in [0, 0.1) is 0 Å². The summed E-state index contributed by atoms with van der Waals surface area (Å²) in [6, 6.07) is 0. The number of allylic oxidation sites excluding steroid dienone is 3. The average Bonchev–Trinajstić information content (AvgIpc) is 2.37. The lowest BCUT2D eigenvalue weighted by molar-refractivity contribution is -0.133. The molecule has 0 aliphatic carbocycles. The molecule has 0 saturated carbocycles. The van der Waals surface area contributed by atoms with Crippen molar-refractivity contribution in [2.75, 3.05) is 14.1 Å². The average molecular weight is 238 g/mol. The van der Waals surface area contributed by atoms with Gasteiger partial charge in [-0.15, -0.1) is 0 Å². The summed E-state index contributed by atoms with van der Waals surface area (Å²) < 4.78 is 0. The van der Waals surface area contributed by atoms with Crippen molar-refractivity contribution in [1.29, 1.82) is 0 Å². The van der Waals surface area contributed by atoms with Crippen LogP contribution < -0.4 is 5.32 Å². The molecule has 0 radical (unpaired) electrons. The second-order valence-corrected chi connectivity index (χ2v) is 2.83. The molecule has 4 heteroatoms. The Hall–Kier alpha value is -1.84. The first-order valence-electron chi connectivity index (χ1n) is 5.49. The van der Waals surface area contributed by atoms with Gasteiger partial charge in [-0.2, -0.15) is 0 Å². The molecule has 4 nitrogen and oxygen atoms in total. The number of likely N-dealkylation sites (N-methyl/N-ethyl adjacent to an activating group) is 1. The van der Waals surface area contributed by atoms with Gasteiger partial charge in [-0.3, -0.25) is 9.59 Å². The van der Waals surface area contributed by atoms with Gasteiger partial charge in [0.05, 0.1) is 0 Å². The third-order valence-electron chi connectivity index (χ3n) is 1.85. The molecular weight excluding hydrogens is 216 g/mol. The summed E-state index contributed by atoms with van der Waals surface area (Å²) in [5, 5.41) is 2.39. The van der Waals surface area contributed by atoms with Crippen molar-refractivity contribution in [3.63, 3.8) is 0 Å².